The summed E-state index contributed by atoms with van der Waals surface area (Å²) in [6, 6.07) is 1.50. The molecule has 1 aliphatic rings. The zero-order valence-corrected chi connectivity index (χ0v) is 10.8. The van der Waals surface area contributed by atoms with Gasteiger partial charge in [0.15, 0.2) is 0 Å². The van der Waals surface area contributed by atoms with Crippen LogP contribution in [0.5, 0.6) is 0 Å². The molecule has 15 heavy (non-hydrogen) atoms. The summed E-state index contributed by atoms with van der Waals surface area (Å²) in [6.45, 7) is 10.6. The summed E-state index contributed by atoms with van der Waals surface area (Å²) in [5.41, 5.74) is 0. The minimum Gasteiger partial charge on any atom is -0.313 e. The molecule has 0 saturated carbocycles. The second-order valence-electron chi connectivity index (χ2n) is 4.91. The molecule has 1 saturated heterocycles. The predicted octanol–water partition coefficient (Wildman–Crippen LogP) is 2.64. The monoisotopic (exact) mass is 212 g/mol. The van der Waals surface area contributed by atoms with Gasteiger partial charge in [0.2, 0.25) is 0 Å². The van der Waals surface area contributed by atoms with Crippen molar-refractivity contribution in [2.75, 3.05) is 19.6 Å². The highest BCUT2D eigenvalue weighted by molar-refractivity contribution is 4.78. The van der Waals surface area contributed by atoms with E-state index in [4.69, 9.17) is 0 Å². The zero-order valence-electron chi connectivity index (χ0n) is 10.8. The highest BCUT2D eigenvalue weighted by Gasteiger charge is 2.21. The van der Waals surface area contributed by atoms with E-state index in [0.717, 1.165) is 12.6 Å². The molecule has 2 heteroatoms. The number of piperidine rings is 1. The molecular formula is C13H28N2. The fourth-order valence-electron chi connectivity index (χ4n) is 2.57. The van der Waals surface area contributed by atoms with Gasteiger partial charge in [0.1, 0.15) is 0 Å². The number of likely N-dealkylation sites (tertiary alicyclic amines) is 1. The topological polar surface area (TPSA) is 15.3 Å². The van der Waals surface area contributed by atoms with Crippen LogP contribution < -0.4 is 5.32 Å². The fourth-order valence-corrected chi connectivity index (χ4v) is 2.57. The Morgan fingerprint density at radius 2 is 2.13 bits per heavy atom. The van der Waals surface area contributed by atoms with Crippen molar-refractivity contribution in [2.24, 2.45) is 0 Å². The van der Waals surface area contributed by atoms with Gasteiger partial charge in [-0.2, -0.15) is 0 Å². The molecule has 0 bridgehead atoms. The molecule has 1 rings (SSSR count). The van der Waals surface area contributed by atoms with Gasteiger partial charge in [-0.15, -0.1) is 0 Å². The highest BCUT2D eigenvalue weighted by atomic mass is 15.2. The van der Waals surface area contributed by atoms with Gasteiger partial charge in [-0.25, -0.2) is 0 Å². The summed E-state index contributed by atoms with van der Waals surface area (Å²) in [7, 11) is 0. The van der Waals surface area contributed by atoms with Gasteiger partial charge in [0.05, 0.1) is 0 Å². The minimum atomic E-state index is 0.650. The fraction of sp³-hybridized carbons (Fsp3) is 1.00. The van der Waals surface area contributed by atoms with E-state index in [9.17, 15) is 0 Å². The lowest BCUT2D eigenvalue weighted by Gasteiger charge is -2.37. The van der Waals surface area contributed by atoms with E-state index in [1.54, 1.807) is 0 Å². The van der Waals surface area contributed by atoms with Crippen LogP contribution in [-0.2, 0) is 0 Å². The number of nitrogens with one attached hydrogen (secondary N) is 1. The lowest BCUT2D eigenvalue weighted by Crippen LogP contribution is -2.46. The van der Waals surface area contributed by atoms with Crippen LogP contribution in [0, 0.1) is 0 Å². The van der Waals surface area contributed by atoms with Crippen molar-refractivity contribution in [3.63, 3.8) is 0 Å². The molecule has 90 valence electrons. The molecule has 2 unspecified atom stereocenters. The Bertz CT molecular complexity index is 159. The first-order valence-electron chi connectivity index (χ1n) is 6.75. The van der Waals surface area contributed by atoms with Crippen LogP contribution in [0.4, 0.5) is 0 Å². The third kappa shape index (κ3) is 4.52. The molecule has 1 aliphatic heterocycles. The van der Waals surface area contributed by atoms with E-state index in [0.29, 0.717) is 6.04 Å². The van der Waals surface area contributed by atoms with Crippen molar-refractivity contribution >= 4 is 0 Å². The van der Waals surface area contributed by atoms with Gasteiger partial charge < -0.3 is 5.32 Å². The molecule has 2 atom stereocenters. The maximum absolute atomic E-state index is 3.58. The quantitative estimate of drug-likeness (QED) is 0.728. The summed E-state index contributed by atoms with van der Waals surface area (Å²) < 4.78 is 0. The first-order valence-corrected chi connectivity index (χ1v) is 6.75. The zero-order chi connectivity index (χ0) is 11.1. The molecule has 0 spiro atoms. The van der Waals surface area contributed by atoms with Crippen LogP contribution in [0.3, 0.4) is 0 Å². The average Bonchev–Trinajstić information content (AvgIpc) is 2.27. The first kappa shape index (κ1) is 13.0. The summed E-state index contributed by atoms with van der Waals surface area (Å²) >= 11 is 0. The molecule has 0 aliphatic carbocycles. The van der Waals surface area contributed by atoms with E-state index in [2.05, 4.69) is 31.0 Å². The smallest absolute Gasteiger partial charge is 0.0166 e. The molecule has 0 aromatic heterocycles. The number of nitrogens with zero attached hydrogens (tertiary/aromatic N) is 1. The molecular weight excluding hydrogens is 184 g/mol. The normalized spacial score (nSPS) is 25.4. The Kier molecular flexibility index (Phi) is 6.26. The van der Waals surface area contributed by atoms with Crippen molar-refractivity contribution in [3.8, 4) is 0 Å². The Morgan fingerprint density at radius 1 is 1.33 bits per heavy atom. The molecule has 1 N–H and O–H groups in total. The SMILES string of the molecule is CCCNC(C)CN1CCCCC1CC. The summed E-state index contributed by atoms with van der Waals surface area (Å²) in [5.74, 6) is 0. The lowest BCUT2D eigenvalue weighted by atomic mass is 9.99. The standard InChI is InChI=1S/C13H28N2/c1-4-9-14-12(3)11-15-10-7-6-8-13(15)5-2/h12-14H,4-11H2,1-3H3. The van der Waals surface area contributed by atoms with E-state index in [-0.39, 0.29) is 0 Å². The van der Waals surface area contributed by atoms with Crippen molar-refractivity contribution in [1.29, 1.82) is 0 Å². The molecule has 0 aromatic carbocycles. The van der Waals surface area contributed by atoms with Gasteiger partial charge in [0, 0.05) is 18.6 Å². The predicted molar refractivity (Wildman–Crippen MR) is 67.3 cm³/mol. The van der Waals surface area contributed by atoms with E-state index >= 15 is 0 Å². The Balaban J connectivity index is 2.27. The molecule has 0 aromatic rings. The molecule has 1 heterocycles. The van der Waals surface area contributed by atoms with Crippen LogP contribution >= 0.6 is 0 Å². The maximum Gasteiger partial charge on any atom is 0.0166 e. The van der Waals surface area contributed by atoms with Crippen molar-refractivity contribution in [3.05, 3.63) is 0 Å². The van der Waals surface area contributed by atoms with Gasteiger partial charge in [-0.1, -0.05) is 20.3 Å². The number of hydrogen-bond acceptors (Lipinski definition) is 2. The average molecular weight is 212 g/mol. The van der Waals surface area contributed by atoms with Gasteiger partial charge in [-0.05, 0) is 45.7 Å². The second kappa shape index (κ2) is 7.24. The molecule has 2 nitrogen and oxygen atoms in total. The minimum absolute atomic E-state index is 0.650. The summed E-state index contributed by atoms with van der Waals surface area (Å²) in [6.07, 6.45) is 6.81. The van der Waals surface area contributed by atoms with Crippen molar-refractivity contribution < 1.29 is 0 Å². The molecule has 1 fully saturated rings. The van der Waals surface area contributed by atoms with E-state index in [1.165, 1.54) is 45.2 Å². The Hall–Kier alpha value is -0.0800. The molecule has 0 amide bonds. The maximum atomic E-state index is 3.58. The highest BCUT2D eigenvalue weighted by Crippen LogP contribution is 2.19. The summed E-state index contributed by atoms with van der Waals surface area (Å²) in [4.78, 5) is 2.69. The van der Waals surface area contributed by atoms with Crippen LogP contribution in [0.1, 0.15) is 52.9 Å². The third-order valence-corrected chi connectivity index (χ3v) is 3.47. The summed E-state index contributed by atoms with van der Waals surface area (Å²) in [5, 5.41) is 3.58. The van der Waals surface area contributed by atoms with Crippen LogP contribution in [0.15, 0.2) is 0 Å². The second-order valence-corrected chi connectivity index (χ2v) is 4.91. The van der Waals surface area contributed by atoms with Crippen molar-refractivity contribution in [1.82, 2.24) is 10.2 Å². The molecule has 0 radical (unpaired) electrons. The largest absolute Gasteiger partial charge is 0.313 e. The van der Waals surface area contributed by atoms with E-state index < -0.39 is 0 Å². The number of hydrogen-bond donors (Lipinski definition) is 1. The van der Waals surface area contributed by atoms with E-state index in [1.807, 2.05) is 0 Å². The Morgan fingerprint density at radius 3 is 2.80 bits per heavy atom. The van der Waals surface area contributed by atoms with Crippen molar-refractivity contribution in [2.45, 2.75) is 65.0 Å². The van der Waals surface area contributed by atoms with Gasteiger partial charge >= 0.3 is 0 Å². The van der Waals surface area contributed by atoms with Crippen LogP contribution in [-0.4, -0.2) is 36.6 Å². The Labute approximate surface area is 95.4 Å². The van der Waals surface area contributed by atoms with Crippen LogP contribution in [0.25, 0.3) is 0 Å². The lowest BCUT2D eigenvalue weighted by molar-refractivity contribution is 0.132. The van der Waals surface area contributed by atoms with Crippen LogP contribution in [0.2, 0.25) is 0 Å². The first-order chi connectivity index (χ1) is 7.27. The van der Waals surface area contributed by atoms with Gasteiger partial charge in [-0.3, -0.25) is 4.90 Å². The van der Waals surface area contributed by atoms with Gasteiger partial charge in [0.25, 0.3) is 0 Å². The number of rotatable bonds is 6. The third-order valence-electron chi connectivity index (χ3n) is 3.47.